The molecule has 1 aromatic rings. The van der Waals surface area contributed by atoms with E-state index in [0.717, 1.165) is 38.3 Å². The average Bonchev–Trinajstić information content (AvgIpc) is 2.82. The van der Waals surface area contributed by atoms with Gasteiger partial charge in [0.1, 0.15) is 0 Å². The van der Waals surface area contributed by atoms with Gasteiger partial charge in [0.05, 0.1) is 11.9 Å². The molecule has 0 aromatic carbocycles. The van der Waals surface area contributed by atoms with E-state index < -0.39 is 5.82 Å². The maximum atomic E-state index is 13.4. The van der Waals surface area contributed by atoms with Crippen LogP contribution in [0, 0.1) is 11.2 Å². The fourth-order valence-electron chi connectivity index (χ4n) is 2.52. The molecule has 4 heteroatoms. The first-order valence-corrected chi connectivity index (χ1v) is 6.09. The van der Waals surface area contributed by atoms with E-state index in [1.165, 1.54) is 12.3 Å². The summed E-state index contributed by atoms with van der Waals surface area (Å²) >= 11 is 0. The minimum absolute atomic E-state index is 0.0531. The van der Waals surface area contributed by atoms with Crippen molar-refractivity contribution < 1.29 is 9.18 Å². The molecule has 1 aliphatic rings. The third-order valence-corrected chi connectivity index (χ3v) is 3.74. The predicted octanol–water partition coefficient (Wildman–Crippen LogP) is 3.13. The molecule has 1 fully saturated rings. The Balaban J connectivity index is 2.14. The molecule has 0 saturated heterocycles. The maximum absolute atomic E-state index is 13.4. The topological polar surface area (TPSA) is 42.0 Å². The summed E-state index contributed by atoms with van der Waals surface area (Å²) in [7, 11) is 0. The van der Waals surface area contributed by atoms with Crippen LogP contribution in [0.5, 0.6) is 0 Å². The van der Waals surface area contributed by atoms with Crippen molar-refractivity contribution in [3.63, 3.8) is 0 Å². The number of hydrogen-bond donors (Lipinski definition) is 1. The molecule has 3 nitrogen and oxygen atoms in total. The van der Waals surface area contributed by atoms with Crippen molar-refractivity contribution in [2.75, 3.05) is 5.32 Å². The van der Waals surface area contributed by atoms with Gasteiger partial charge in [-0.1, -0.05) is 19.8 Å². The van der Waals surface area contributed by atoms with E-state index in [0.29, 0.717) is 0 Å². The highest BCUT2D eigenvalue weighted by atomic mass is 19.1. The second kappa shape index (κ2) is 4.82. The summed E-state index contributed by atoms with van der Waals surface area (Å²) in [6.07, 6.45) is 7.38. The van der Waals surface area contributed by atoms with Crippen molar-refractivity contribution >= 4 is 11.6 Å². The van der Waals surface area contributed by atoms with E-state index in [2.05, 4.69) is 10.3 Å². The van der Waals surface area contributed by atoms with Crippen molar-refractivity contribution in [1.29, 1.82) is 0 Å². The summed E-state index contributed by atoms with van der Waals surface area (Å²) in [6.45, 7) is 2.02. The lowest BCUT2D eigenvalue weighted by atomic mass is 9.82. The molecule has 92 valence electrons. The molecule has 2 rings (SSSR count). The van der Waals surface area contributed by atoms with Gasteiger partial charge in [-0.3, -0.25) is 9.78 Å². The molecule has 17 heavy (non-hydrogen) atoms. The number of rotatable bonds is 3. The Hall–Kier alpha value is -1.45. The molecule has 0 radical (unpaired) electrons. The van der Waals surface area contributed by atoms with Gasteiger partial charge in [0.2, 0.25) is 5.91 Å². The Labute approximate surface area is 100 Å². The number of hydrogen-bond acceptors (Lipinski definition) is 2. The third kappa shape index (κ3) is 2.30. The van der Waals surface area contributed by atoms with Crippen LogP contribution >= 0.6 is 0 Å². The van der Waals surface area contributed by atoms with Gasteiger partial charge in [-0.25, -0.2) is 4.39 Å². The van der Waals surface area contributed by atoms with E-state index in [-0.39, 0.29) is 17.0 Å². The number of aromatic nitrogens is 1. The second-order valence-corrected chi connectivity index (χ2v) is 4.65. The summed E-state index contributed by atoms with van der Waals surface area (Å²) in [6, 6.07) is 1.49. The predicted molar refractivity (Wildman–Crippen MR) is 64.0 cm³/mol. The Morgan fingerprint density at radius 3 is 2.82 bits per heavy atom. The fourth-order valence-corrected chi connectivity index (χ4v) is 2.52. The van der Waals surface area contributed by atoms with Crippen LogP contribution in [0.15, 0.2) is 18.5 Å². The average molecular weight is 236 g/mol. The minimum Gasteiger partial charge on any atom is -0.323 e. The summed E-state index contributed by atoms with van der Waals surface area (Å²) in [5.41, 5.74) is -0.0693. The number of nitrogens with one attached hydrogen (secondary N) is 1. The lowest BCUT2D eigenvalue weighted by Gasteiger charge is -2.26. The van der Waals surface area contributed by atoms with Crippen LogP contribution in [-0.2, 0) is 4.79 Å². The standard InChI is InChI=1S/C13H17FN2O/c1-2-13(6-3-4-7-13)12(17)16-11-5-8-15-9-10(11)14/h5,8-9H,2-4,6-7H2,1H3,(H,15,16,17). The van der Waals surface area contributed by atoms with Gasteiger partial charge in [-0.15, -0.1) is 0 Å². The zero-order valence-corrected chi connectivity index (χ0v) is 10.0. The minimum atomic E-state index is -0.481. The Morgan fingerprint density at radius 1 is 1.53 bits per heavy atom. The second-order valence-electron chi connectivity index (χ2n) is 4.65. The highest BCUT2D eigenvalue weighted by molar-refractivity contribution is 5.95. The van der Waals surface area contributed by atoms with Crippen LogP contribution in [0.3, 0.4) is 0 Å². The van der Waals surface area contributed by atoms with E-state index in [1.54, 1.807) is 0 Å². The highest BCUT2D eigenvalue weighted by Crippen LogP contribution is 2.41. The van der Waals surface area contributed by atoms with Crippen LogP contribution in [0.4, 0.5) is 10.1 Å². The van der Waals surface area contributed by atoms with Crippen LogP contribution < -0.4 is 5.32 Å². The highest BCUT2D eigenvalue weighted by Gasteiger charge is 2.39. The lowest BCUT2D eigenvalue weighted by Crippen LogP contribution is -2.33. The Morgan fingerprint density at radius 2 is 2.24 bits per heavy atom. The smallest absolute Gasteiger partial charge is 0.230 e. The SMILES string of the molecule is CCC1(C(=O)Nc2ccncc2F)CCCC1. The number of carbonyl (C=O) groups excluding carboxylic acids is 1. The van der Waals surface area contributed by atoms with Crippen molar-refractivity contribution in [3.05, 3.63) is 24.3 Å². The lowest BCUT2D eigenvalue weighted by molar-refractivity contribution is -0.125. The molecule has 0 spiro atoms. The first kappa shape index (κ1) is 12.0. The van der Waals surface area contributed by atoms with E-state index in [4.69, 9.17) is 0 Å². The van der Waals surface area contributed by atoms with Gasteiger partial charge in [0.25, 0.3) is 0 Å². The molecule has 1 N–H and O–H groups in total. The first-order chi connectivity index (χ1) is 8.18. The summed E-state index contributed by atoms with van der Waals surface area (Å²) in [5.74, 6) is -0.535. The molecule has 0 atom stereocenters. The van der Waals surface area contributed by atoms with Gasteiger partial charge in [-0.05, 0) is 25.3 Å². The molecular formula is C13H17FN2O. The molecule has 1 aromatic heterocycles. The molecule has 0 bridgehead atoms. The molecule has 1 aliphatic carbocycles. The molecule has 1 saturated carbocycles. The summed E-state index contributed by atoms with van der Waals surface area (Å²) in [4.78, 5) is 15.9. The molecule has 0 unspecified atom stereocenters. The fraction of sp³-hybridized carbons (Fsp3) is 0.538. The number of amides is 1. The van der Waals surface area contributed by atoms with E-state index >= 15 is 0 Å². The normalized spacial score (nSPS) is 18.0. The Bertz CT molecular complexity index is 414. The van der Waals surface area contributed by atoms with Crippen molar-refractivity contribution in [1.82, 2.24) is 4.98 Å². The van der Waals surface area contributed by atoms with Crippen LogP contribution in [0.1, 0.15) is 39.0 Å². The van der Waals surface area contributed by atoms with Gasteiger partial charge in [0, 0.05) is 11.6 Å². The molecule has 1 heterocycles. The molecule has 1 amide bonds. The number of carbonyl (C=O) groups is 1. The van der Waals surface area contributed by atoms with Crippen LogP contribution in [0.25, 0.3) is 0 Å². The largest absolute Gasteiger partial charge is 0.323 e. The Kier molecular flexibility index (Phi) is 3.41. The maximum Gasteiger partial charge on any atom is 0.230 e. The zero-order valence-electron chi connectivity index (χ0n) is 10.0. The molecular weight excluding hydrogens is 219 g/mol. The number of nitrogens with zero attached hydrogens (tertiary/aromatic N) is 1. The summed E-state index contributed by atoms with van der Waals surface area (Å²) in [5, 5.41) is 2.69. The number of anilines is 1. The monoisotopic (exact) mass is 236 g/mol. The number of halogens is 1. The van der Waals surface area contributed by atoms with Gasteiger partial charge >= 0.3 is 0 Å². The van der Waals surface area contributed by atoms with E-state index in [9.17, 15) is 9.18 Å². The van der Waals surface area contributed by atoms with Gasteiger partial charge in [0.15, 0.2) is 5.82 Å². The van der Waals surface area contributed by atoms with Gasteiger partial charge < -0.3 is 5.32 Å². The van der Waals surface area contributed by atoms with E-state index in [1.807, 2.05) is 6.92 Å². The third-order valence-electron chi connectivity index (χ3n) is 3.74. The van der Waals surface area contributed by atoms with Crippen molar-refractivity contribution in [2.45, 2.75) is 39.0 Å². The summed E-state index contributed by atoms with van der Waals surface area (Å²) < 4.78 is 13.4. The number of pyridine rings is 1. The first-order valence-electron chi connectivity index (χ1n) is 6.09. The van der Waals surface area contributed by atoms with Crippen LogP contribution in [-0.4, -0.2) is 10.9 Å². The van der Waals surface area contributed by atoms with Crippen LogP contribution in [0.2, 0.25) is 0 Å². The quantitative estimate of drug-likeness (QED) is 0.876. The van der Waals surface area contributed by atoms with Crippen molar-refractivity contribution in [3.8, 4) is 0 Å². The zero-order chi connectivity index (χ0) is 12.3. The molecule has 0 aliphatic heterocycles. The van der Waals surface area contributed by atoms with Crippen molar-refractivity contribution in [2.24, 2.45) is 5.41 Å². The van der Waals surface area contributed by atoms with Gasteiger partial charge in [-0.2, -0.15) is 0 Å².